The lowest BCUT2D eigenvalue weighted by Gasteiger charge is -2.31. The molecular weight excluding hydrogens is 224 g/mol. The lowest BCUT2D eigenvalue weighted by molar-refractivity contribution is 0.564. The molecule has 1 aromatic carbocycles. The molecule has 0 nitrogen and oxygen atoms in total. The van der Waals surface area contributed by atoms with Crippen LogP contribution in [0, 0.1) is 0 Å². The van der Waals surface area contributed by atoms with Gasteiger partial charge in [0.05, 0.1) is 0 Å². The zero-order chi connectivity index (χ0) is 11.2. The molecule has 0 radical (unpaired) electrons. The molecule has 0 aliphatic heterocycles. The molecule has 84 valence electrons. The number of benzene rings is 1. The summed E-state index contributed by atoms with van der Waals surface area (Å²) in [5.74, 6) is 1.38. The van der Waals surface area contributed by atoms with Gasteiger partial charge in [-0.05, 0) is 34.9 Å². The van der Waals surface area contributed by atoms with Crippen molar-refractivity contribution < 1.29 is 0 Å². The highest BCUT2D eigenvalue weighted by Gasteiger charge is 2.32. The normalized spacial score (nSPS) is 24.9. The molecule has 1 aromatic heterocycles. The molecule has 0 spiro atoms. The van der Waals surface area contributed by atoms with Gasteiger partial charge < -0.3 is 0 Å². The van der Waals surface area contributed by atoms with Gasteiger partial charge in [0.1, 0.15) is 0 Å². The third-order valence-corrected chi connectivity index (χ3v) is 5.15. The molecule has 0 fully saturated rings. The van der Waals surface area contributed by atoms with Crippen LogP contribution < -0.4 is 0 Å². The Morgan fingerprint density at radius 2 is 1.71 bits per heavy atom. The van der Waals surface area contributed by atoms with Crippen LogP contribution in [0.1, 0.15) is 35.1 Å². The molecule has 1 heteroatoms. The molecule has 2 unspecified atom stereocenters. The molecular formula is C16H14S. The average Bonchev–Trinajstić information content (AvgIpc) is 2.88. The molecule has 0 N–H and O–H groups in total. The molecule has 5 rings (SSSR count). The van der Waals surface area contributed by atoms with Crippen LogP contribution in [0.5, 0.6) is 0 Å². The maximum atomic E-state index is 2.43. The molecule has 1 heterocycles. The Hall–Kier alpha value is -1.34. The van der Waals surface area contributed by atoms with Crippen LogP contribution in [0.4, 0.5) is 0 Å². The van der Waals surface area contributed by atoms with Gasteiger partial charge >= 0.3 is 0 Å². The zero-order valence-electron chi connectivity index (χ0n) is 9.60. The summed E-state index contributed by atoms with van der Waals surface area (Å²) in [5.41, 5.74) is 4.48. The van der Waals surface area contributed by atoms with Crippen LogP contribution in [0.25, 0.3) is 11.1 Å². The number of hydrogen-bond donors (Lipinski definition) is 0. The van der Waals surface area contributed by atoms with Gasteiger partial charge in [-0.25, -0.2) is 0 Å². The Kier molecular flexibility index (Phi) is 2.03. The molecule has 3 aliphatic rings. The zero-order valence-corrected chi connectivity index (χ0v) is 10.4. The van der Waals surface area contributed by atoms with Crippen LogP contribution >= 0.6 is 11.3 Å². The predicted octanol–water partition coefficient (Wildman–Crippen LogP) is 4.95. The van der Waals surface area contributed by atoms with Crippen molar-refractivity contribution in [2.45, 2.75) is 24.7 Å². The third-order valence-electron chi connectivity index (χ3n) is 4.02. The monoisotopic (exact) mass is 238 g/mol. The van der Waals surface area contributed by atoms with Crippen molar-refractivity contribution in [2.24, 2.45) is 0 Å². The summed E-state index contributed by atoms with van der Waals surface area (Å²) >= 11 is 1.96. The third kappa shape index (κ3) is 1.35. The van der Waals surface area contributed by atoms with E-state index in [0.29, 0.717) is 11.8 Å². The highest BCUT2D eigenvalue weighted by Crippen LogP contribution is 2.51. The second-order valence-electron chi connectivity index (χ2n) is 4.97. The molecule has 3 aliphatic carbocycles. The predicted molar refractivity (Wildman–Crippen MR) is 73.6 cm³/mol. The van der Waals surface area contributed by atoms with E-state index in [2.05, 4.69) is 47.9 Å². The second-order valence-corrected chi connectivity index (χ2v) is 5.88. The van der Waals surface area contributed by atoms with Crippen molar-refractivity contribution >= 4 is 11.3 Å². The van der Waals surface area contributed by atoms with Crippen molar-refractivity contribution in [2.75, 3.05) is 0 Å². The SMILES string of the molecule is C1=CC2CCC1c1scc(-c3ccccc3)c12. The lowest BCUT2D eigenvalue weighted by atomic mass is 9.74. The van der Waals surface area contributed by atoms with Gasteiger partial charge in [0.15, 0.2) is 0 Å². The number of allylic oxidation sites excluding steroid dienone is 2. The summed E-state index contributed by atoms with van der Waals surface area (Å²) in [4.78, 5) is 1.63. The Morgan fingerprint density at radius 1 is 0.941 bits per heavy atom. The first-order chi connectivity index (χ1) is 8.43. The molecule has 0 saturated carbocycles. The Bertz CT molecular complexity index is 577. The molecule has 2 bridgehead atoms. The van der Waals surface area contributed by atoms with E-state index >= 15 is 0 Å². The van der Waals surface area contributed by atoms with Gasteiger partial charge in [-0.1, -0.05) is 42.5 Å². The van der Waals surface area contributed by atoms with E-state index < -0.39 is 0 Å². The maximum Gasteiger partial charge on any atom is 0.0158 e. The van der Waals surface area contributed by atoms with Crippen LogP contribution in [0.2, 0.25) is 0 Å². The number of hydrogen-bond acceptors (Lipinski definition) is 1. The molecule has 2 aromatic rings. The molecule has 17 heavy (non-hydrogen) atoms. The molecule has 0 amide bonds. The fraction of sp³-hybridized carbons (Fsp3) is 0.250. The largest absolute Gasteiger partial charge is 0.147 e. The van der Waals surface area contributed by atoms with Crippen molar-refractivity contribution in [3.63, 3.8) is 0 Å². The first kappa shape index (κ1) is 9.67. The van der Waals surface area contributed by atoms with Crippen molar-refractivity contribution in [3.05, 3.63) is 58.3 Å². The van der Waals surface area contributed by atoms with Crippen molar-refractivity contribution in [1.29, 1.82) is 0 Å². The summed E-state index contributed by atoms with van der Waals surface area (Å²) in [6.45, 7) is 0. The number of fused-ring (bicyclic) bond motifs is 1. The summed E-state index contributed by atoms with van der Waals surface area (Å²) in [7, 11) is 0. The van der Waals surface area contributed by atoms with Crippen molar-refractivity contribution in [3.8, 4) is 11.1 Å². The number of rotatable bonds is 1. The fourth-order valence-electron chi connectivity index (χ4n) is 3.17. The minimum atomic E-state index is 0.677. The van der Waals surface area contributed by atoms with Gasteiger partial charge in [0, 0.05) is 16.7 Å². The first-order valence-corrected chi connectivity index (χ1v) is 7.16. The van der Waals surface area contributed by atoms with E-state index in [-0.39, 0.29) is 0 Å². The standard InChI is InChI=1S/C16H14S/c1-2-4-11(5-3-1)14-10-17-16-13-8-6-12(7-9-13)15(14)16/h1-6,8,10,12-13H,7,9H2. The summed E-state index contributed by atoms with van der Waals surface area (Å²) in [6.07, 6.45) is 7.53. The van der Waals surface area contributed by atoms with Gasteiger partial charge in [0.25, 0.3) is 0 Å². The summed E-state index contributed by atoms with van der Waals surface area (Å²) < 4.78 is 0. The van der Waals surface area contributed by atoms with E-state index in [0.717, 1.165) is 0 Å². The highest BCUT2D eigenvalue weighted by molar-refractivity contribution is 7.10. The minimum absolute atomic E-state index is 0.677. The van der Waals surface area contributed by atoms with Crippen LogP contribution in [-0.4, -0.2) is 0 Å². The van der Waals surface area contributed by atoms with E-state index in [9.17, 15) is 0 Å². The second kappa shape index (κ2) is 3.58. The Balaban J connectivity index is 1.92. The van der Waals surface area contributed by atoms with E-state index in [1.807, 2.05) is 11.3 Å². The Morgan fingerprint density at radius 3 is 2.47 bits per heavy atom. The van der Waals surface area contributed by atoms with E-state index in [1.54, 1.807) is 10.4 Å². The average molecular weight is 238 g/mol. The van der Waals surface area contributed by atoms with Gasteiger partial charge in [-0.3, -0.25) is 0 Å². The molecule has 0 saturated heterocycles. The van der Waals surface area contributed by atoms with Crippen LogP contribution in [0.3, 0.4) is 0 Å². The smallest absolute Gasteiger partial charge is 0.0158 e. The van der Waals surface area contributed by atoms with Gasteiger partial charge in [0.2, 0.25) is 0 Å². The molecule has 2 atom stereocenters. The fourth-order valence-corrected chi connectivity index (χ4v) is 4.44. The maximum absolute atomic E-state index is 2.43. The van der Waals surface area contributed by atoms with Gasteiger partial charge in [-0.2, -0.15) is 0 Å². The van der Waals surface area contributed by atoms with Crippen molar-refractivity contribution in [1.82, 2.24) is 0 Å². The van der Waals surface area contributed by atoms with Gasteiger partial charge in [-0.15, -0.1) is 11.3 Å². The van der Waals surface area contributed by atoms with Crippen LogP contribution in [-0.2, 0) is 0 Å². The highest BCUT2D eigenvalue weighted by atomic mass is 32.1. The Labute approximate surface area is 106 Å². The number of thiophene rings is 1. The minimum Gasteiger partial charge on any atom is -0.147 e. The topological polar surface area (TPSA) is 0 Å². The quantitative estimate of drug-likeness (QED) is 0.617. The summed E-state index contributed by atoms with van der Waals surface area (Å²) in [6, 6.07) is 10.8. The summed E-state index contributed by atoms with van der Waals surface area (Å²) in [5, 5.41) is 2.36. The lowest BCUT2D eigenvalue weighted by Crippen LogP contribution is -2.15. The van der Waals surface area contributed by atoms with E-state index in [4.69, 9.17) is 0 Å². The van der Waals surface area contributed by atoms with Crippen LogP contribution in [0.15, 0.2) is 47.9 Å². The first-order valence-electron chi connectivity index (χ1n) is 6.28. The van der Waals surface area contributed by atoms with E-state index in [1.165, 1.54) is 24.0 Å².